The summed E-state index contributed by atoms with van der Waals surface area (Å²) in [4.78, 5) is 34.4. The highest BCUT2D eigenvalue weighted by Crippen LogP contribution is 2.29. The number of halogens is 1. The summed E-state index contributed by atoms with van der Waals surface area (Å²) in [5, 5.41) is 11.0. The first-order chi connectivity index (χ1) is 13.4. The van der Waals surface area contributed by atoms with Gasteiger partial charge in [-0.1, -0.05) is 22.0 Å². The lowest BCUT2D eigenvalue weighted by Gasteiger charge is -2.09. The van der Waals surface area contributed by atoms with Crippen LogP contribution in [0.4, 0.5) is 0 Å². The van der Waals surface area contributed by atoms with E-state index < -0.39 is 16.5 Å². The molecule has 28 heavy (non-hydrogen) atoms. The second-order valence-electron chi connectivity index (χ2n) is 5.53. The van der Waals surface area contributed by atoms with Crippen molar-refractivity contribution >= 4 is 38.9 Å². The van der Waals surface area contributed by atoms with E-state index in [0.717, 1.165) is 10.7 Å². The van der Waals surface area contributed by atoms with E-state index >= 15 is 0 Å². The van der Waals surface area contributed by atoms with Crippen LogP contribution in [0.1, 0.15) is 15.9 Å². The SMILES string of the molecule is COc1cc(C=C[N+](=O)[O-])ccc1OC(=O)c1cc2cc(Br)ccc2oc1=O. The van der Waals surface area contributed by atoms with Crippen molar-refractivity contribution in [1.82, 2.24) is 0 Å². The van der Waals surface area contributed by atoms with E-state index in [2.05, 4.69) is 15.9 Å². The number of carbonyl (C=O) groups is 1. The summed E-state index contributed by atoms with van der Waals surface area (Å²) in [5.74, 6) is -0.686. The fourth-order valence-corrected chi connectivity index (χ4v) is 2.79. The van der Waals surface area contributed by atoms with Gasteiger partial charge in [-0.05, 0) is 42.0 Å². The Kier molecular flexibility index (Phi) is 5.55. The number of fused-ring (bicyclic) bond motifs is 1. The van der Waals surface area contributed by atoms with Gasteiger partial charge in [-0.2, -0.15) is 0 Å². The molecule has 0 radical (unpaired) electrons. The maximum absolute atomic E-state index is 12.5. The second-order valence-corrected chi connectivity index (χ2v) is 6.45. The molecule has 3 aromatic rings. The van der Waals surface area contributed by atoms with Crippen LogP contribution < -0.4 is 15.1 Å². The van der Waals surface area contributed by atoms with Crippen molar-refractivity contribution in [1.29, 1.82) is 0 Å². The molecule has 0 N–H and O–H groups in total. The zero-order valence-electron chi connectivity index (χ0n) is 14.4. The van der Waals surface area contributed by atoms with Crippen LogP contribution in [0.2, 0.25) is 0 Å². The number of methoxy groups -OCH3 is 1. The molecule has 0 bridgehead atoms. The maximum atomic E-state index is 12.5. The van der Waals surface area contributed by atoms with E-state index in [1.807, 2.05) is 0 Å². The Hall–Kier alpha value is -3.46. The Morgan fingerprint density at radius 1 is 1.18 bits per heavy atom. The average Bonchev–Trinajstić information content (AvgIpc) is 2.66. The van der Waals surface area contributed by atoms with Crippen LogP contribution in [0.5, 0.6) is 11.5 Å². The Morgan fingerprint density at radius 3 is 2.68 bits per heavy atom. The molecule has 9 heteroatoms. The van der Waals surface area contributed by atoms with E-state index in [1.165, 1.54) is 37.5 Å². The third-order valence-electron chi connectivity index (χ3n) is 3.69. The molecule has 142 valence electrons. The fourth-order valence-electron chi connectivity index (χ4n) is 2.41. The minimum Gasteiger partial charge on any atom is -0.493 e. The summed E-state index contributed by atoms with van der Waals surface area (Å²) in [5.41, 5.74) is -0.290. The van der Waals surface area contributed by atoms with Crippen LogP contribution in [0.15, 0.2) is 62.3 Å². The predicted octanol–water partition coefficient (Wildman–Crippen LogP) is 4.03. The molecule has 1 aromatic heterocycles. The summed E-state index contributed by atoms with van der Waals surface area (Å²) in [6.45, 7) is 0. The van der Waals surface area contributed by atoms with Gasteiger partial charge in [0.25, 0.3) is 0 Å². The van der Waals surface area contributed by atoms with Gasteiger partial charge < -0.3 is 13.9 Å². The van der Waals surface area contributed by atoms with E-state index in [4.69, 9.17) is 13.9 Å². The van der Waals surface area contributed by atoms with Crippen molar-refractivity contribution in [2.24, 2.45) is 0 Å². The van der Waals surface area contributed by atoms with Gasteiger partial charge in [-0.15, -0.1) is 0 Å². The number of ether oxygens (including phenoxy) is 2. The molecule has 0 saturated carbocycles. The molecule has 0 unspecified atom stereocenters. The first-order valence-electron chi connectivity index (χ1n) is 7.82. The van der Waals surface area contributed by atoms with Crippen molar-refractivity contribution in [2.75, 3.05) is 7.11 Å². The quantitative estimate of drug-likeness (QED) is 0.191. The van der Waals surface area contributed by atoms with Gasteiger partial charge in [0.2, 0.25) is 6.20 Å². The highest BCUT2D eigenvalue weighted by molar-refractivity contribution is 9.10. The van der Waals surface area contributed by atoms with Gasteiger partial charge in [0.15, 0.2) is 11.5 Å². The summed E-state index contributed by atoms with van der Waals surface area (Å²) in [7, 11) is 1.36. The van der Waals surface area contributed by atoms with Gasteiger partial charge in [0.1, 0.15) is 11.1 Å². The molecule has 3 rings (SSSR count). The van der Waals surface area contributed by atoms with Gasteiger partial charge >= 0.3 is 11.6 Å². The van der Waals surface area contributed by atoms with Crippen LogP contribution in [0, 0.1) is 10.1 Å². The molecule has 2 aromatic carbocycles. The van der Waals surface area contributed by atoms with Crippen LogP contribution in [0.25, 0.3) is 17.0 Å². The summed E-state index contributed by atoms with van der Waals surface area (Å²) in [6, 6.07) is 10.8. The van der Waals surface area contributed by atoms with Gasteiger partial charge in [0, 0.05) is 15.9 Å². The zero-order valence-corrected chi connectivity index (χ0v) is 16.0. The lowest BCUT2D eigenvalue weighted by atomic mass is 10.2. The standard InChI is InChI=1S/C19H12BrNO7/c1-26-17-8-11(6-7-21(24)25)2-4-16(17)28-19(23)14-10-12-9-13(20)3-5-15(12)27-18(14)22/h2-10H,1H3. The zero-order chi connectivity index (χ0) is 20.3. The number of rotatable bonds is 5. The number of esters is 1. The first kappa shape index (κ1) is 19.3. The van der Waals surface area contributed by atoms with E-state index in [0.29, 0.717) is 16.5 Å². The molecule has 0 spiro atoms. The fraction of sp³-hybridized carbons (Fsp3) is 0.0526. The number of nitro groups is 1. The molecule has 0 saturated heterocycles. The van der Waals surface area contributed by atoms with Crippen LogP contribution in [0.3, 0.4) is 0 Å². The third-order valence-corrected chi connectivity index (χ3v) is 4.19. The molecular weight excluding hydrogens is 434 g/mol. The van der Waals surface area contributed by atoms with Gasteiger partial charge in [0.05, 0.1) is 12.0 Å². The average molecular weight is 446 g/mol. The van der Waals surface area contributed by atoms with E-state index in [1.54, 1.807) is 18.2 Å². The maximum Gasteiger partial charge on any atom is 0.351 e. The van der Waals surface area contributed by atoms with Crippen molar-refractivity contribution in [3.63, 3.8) is 0 Å². The molecule has 0 fully saturated rings. The minimum absolute atomic E-state index is 0.0551. The normalized spacial score (nSPS) is 10.9. The minimum atomic E-state index is -0.914. The van der Waals surface area contributed by atoms with Crippen molar-refractivity contribution in [3.05, 3.63) is 84.8 Å². The number of hydrogen-bond acceptors (Lipinski definition) is 7. The van der Waals surface area contributed by atoms with Crippen molar-refractivity contribution in [3.8, 4) is 11.5 Å². The molecule has 0 amide bonds. The highest BCUT2D eigenvalue weighted by Gasteiger charge is 2.18. The largest absolute Gasteiger partial charge is 0.493 e. The van der Waals surface area contributed by atoms with Crippen molar-refractivity contribution < 1.29 is 23.6 Å². The van der Waals surface area contributed by atoms with E-state index in [-0.39, 0.29) is 17.1 Å². The number of hydrogen-bond donors (Lipinski definition) is 0. The number of carbonyl (C=O) groups excluding carboxylic acids is 1. The summed E-state index contributed by atoms with van der Waals surface area (Å²) >= 11 is 3.31. The van der Waals surface area contributed by atoms with Gasteiger partial charge in [-0.25, -0.2) is 9.59 Å². The Balaban J connectivity index is 1.92. The van der Waals surface area contributed by atoms with Crippen LogP contribution in [-0.4, -0.2) is 18.0 Å². The highest BCUT2D eigenvalue weighted by atomic mass is 79.9. The molecule has 1 heterocycles. The molecular formula is C19H12BrNO7. The number of nitrogens with zero attached hydrogens (tertiary/aromatic N) is 1. The number of benzene rings is 2. The topological polar surface area (TPSA) is 109 Å². The van der Waals surface area contributed by atoms with Crippen molar-refractivity contribution in [2.45, 2.75) is 0 Å². The molecule has 8 nitrogen and oxygen atoms in total. The third kappa shape index (κ3) is 4.26. The summed E-state index contributed by atoms with van der Waals surface area (Å²) in [6.07, 6.45) is 2.04. The lowest BCUT2D eigenvalue weighted by Crippen LogP contribution is -2.19. The molecule has 0 aliphatic carbocycles. The van der Waals surface area contributed by atoms with E-state index in [9.17, 15) is 19.7 Å². The smallest absolute Gasteiger partial charge is 0.351 e. The Morgan fingerprint density at radius 2 is 1.96 bits per heavy atom. The first-order valence-corrected chi connectivity index (χ1v) is 8.62. The molecule has 0 aliphatic heterocycles. The lowest BCUT2D eigenvalue weighted by molar-refractivity contribution is -0.400. The molecule has 0 atom stereocenters. The summed E-state index contributed by atoms with van der Waals surface area (Å²) < 4.78 is 16.3. The second kappa shape index (κ2) is 8.05. The predicted molar refractivity (Wildman–Crippen MR) is 104 cm³/mol. The van der Waals surface area contributed by atoms with Crippen LogP contribution >= 0.6 is 15.9 Å². The van der Waals surface area contributed by atoms with Gasteiger partial charge in [-0.3, -0.25) is 10.1 Å². The Labute approximate surface area is 166 Å². The monoisotopic (exact) mass is 445 g/mol. The molecule has 0 aliphatic rings. The Bertz CT molecular complexity index is 1170. The van der Waals surface area contributed by atoms with Crippen LogP contribution in [-0.2, 0) is 0 Å².